The highest BCUT2D eigenvalue weighted by atomic mass is 127. The normalized spacial score (nSPS) is 20.4. The third-order valence-electron chi connectivity index (χ3n) is 4.68. The van der Waals surface area contributed by atoms with Gasteiger partial charge in [-0.15, -0.1) is 24.0 Å². The minimum Gasteiger partial charge on any atom is -0.467 e. The molecule has 1 aliphatic heterocycles. The van der Waals surface area contributed by atoms with Gasteiger partial charge in [0.05, 0.1) is 12.8 Å². The van der Waals surface area contributed by atoms with Gasteiger partial charge in [0.1, 0.15) is 12.3 Å². The van der Waals surface area contributed by atoms with Crippen LogP contribution < -0.4 is 10.6 Å². The van der Waals surface area contributed by atoms with Gasteiger partial charge in [-0.05, 0) is 43.7 Å². The van der Waals surface area contributed by atoms with Crippen molar-refractivity contribution in [2.75, 3.05) is 26.2 Å². The number of likely N-dealkylation sites (tertiary alicyclic amines) is 1. The van der Waals surface area contributed by atoms with Crippen LogP contribution in [0.5, 0.6) is 0 Å². The quantitative estimate of drug-likeness (QED) is 0.360. The molecule has 1 aliphatic rings. The van der Waals surface area contributed by atoms with E-state index < -0.39 is 0 Å². The van der Waals surface area contributed by atoms with Crippen molar-refractivity contribution in [2.24, 2.45) is 10.4 Å². The second-order valence-electron chi connectivity index (χ2n) is 7.11. The minimum atomic E-state index is -0.0971. The Morgan fingerprint density at radius 1 is 1.38 bits per heavy atom. The Bertz CT molecular complexity index is 558. The fourth-order valence-electron chi connectivity index (χ4n) is 3.53. The lowest BCUT2D eigenvalue weighted by Crippen LogP contribution is -2.50. The molecule has 1 saturated heterocycles. The molecule has 0 aliphatic carbocycles. The van der Waals surface area contributed by atoms with Crippen molar-refractivity contribution in [1.82, 2.24) is 15.5 Å². The molecule has 1 fully saturated rings. The predicted octanol–water partition coefficient (Wildman–Crippen LogP) is 3.38. The van der Waals surface area contributed by atoms with Crippen molar-refractivity contribution < 1.29 is 9.21 Å². The van der Waals surface area contributed by atoms with Crippen molar-refractivity contribution >= 4 is 35.8 Å². The molecule has 7 heteroatoms. The van der Waals surface area contributed by atoms with Crippen LogP contribution in [0.2, 0.25) is 0 Å². The zero-order valence-corrected chi connectivity index (χ0v) is 18.5. The van der Waals surface area contributed by atoms with Gasteiger partial charge in [-0.2, -0.15) is 0 Å². The lowest BCUT2D eigenvalue weighted by atomic mass is 9.78. The number of guanidine groups is 1. The number of piperidine rings is 1. The molecule has 1 atom stereocenters. The monoisotopic (exact) mass is 476 g/mol. The lowest BCUT2D eigenvalue weighted by Gasteiger charge is -2.42. The third kappa shape index (κ3) is 7.17. The van der Waals surface area contributed by atoms with E-state index in [1.54, 1.807) is 6.26 Å². The number of halogens is 1. The number of carbonyl (C=O) groups excluding carboxylic acids is 1. The summed E-state index contributed by atoms with van der Waals surface area (Å²) in [6.07, 6.45) is 6.47. The first kappa shape index (κ1) is 22.8. The largest absolute Gasteiger partial charge is 0.467 e. The molecule has 1 aromatic rings. The number of furan rings is 1. The van der Waals surface area contributed by atoms with E-state index in [4.69, 9.17) is 4.42 Å². The van der Waals surface area contributed by atoms with E-state index in [-0.39, 0.29) is 36.4 Å². The van der Waals surface area contributed by atoms with Gasteiger partial charge in [0.25, 0.3) is 0 Å². The van der Waals surface area contributed by atoms with Crippen LogP contribution in [0, 0.1) is 5.41 Å². The Balaban J connectivity index is 0.00000338. The maximum atomic E-state index is 12.1. The summed E-state index contributed by atoms with van der Waals surface area (Å²) in [5.74, 6) is 1.49. The van der Waals surface area contributed by atoms with Crippen LogP contribution in [0.3, 0.4) is 0 Å². The molecule has 6 nitrogen and oxygen atoms in total. The van der Waals surface area contributed by atoms with Crippen molar-refractivity contribution in [3.63, 3.8) is 0 Å². The van der Waals surface area contributed by atoms with Gasteiger partial charge in [0.2, 0.25) is 5.91 Å². The summed E-state index contributed by atoms with van der Waals surface area (Å²) >= 11 is 0. The molecular weight excluding hydrogens is 443 g/mol. The fraction of sp³-hybridized carbons (Fsp3) is 0.684. The summed E-state index contributed by atoms with van der Waals surface area (Å²) in [4.78, 5) is 18.9. The van der Waals surface area contributed by atoms with E-state index in [1.807, 2.05) is 12.1 Å². The van der Waals surface area contributed by atoms with Crippen LogP contribution in [0.4, 0.5) is 0 Å². The number of nitrogens with one attached hydrogen (secondary N) is 2. The zero-order valence-electron chi connectivity index (χ0n) is 16.2. The summed E-state index contributed by atoms with van der Waals surface area (Å²) in [6.45, 7) is 9.99. The van der Waals surface area contributed by atoms with Gasteiger partial charge in [-0.3, -0.25) is 4.79 Å². The van der Waals surface area contributed by atoms with Crippen LogP contribution in [0.1, 0.15) is 52.2 Å². The summed E-state index contributed by atoms with van der Waals surface area (Å²) in [7, 11) is 0. The smallest absolute Gasteiger partial charge is 0.242 e. The van der Waals surface area contributed by atoms with Crippen molar-refractivity contribution in [3.8, 4) is 0 Å². The first-order chi connectivity index (χ1) is 12.1. The molecule has 0 radical (unpaired) electrons. The second-order valence-corrected chi connectivity index (χ2v) is 7.11. The van der Waals surface area contributed by atoms with Crippen LogP contribution in [-0.2, 0) is 11.3 Å². The summed E-state index contributed by atoms with van der Waals surface area (Å²) in [6, 6.07) is 3.66. The summed E-state index contributed by atoms with van der Waals surface area (Å²) in [5, 5.41) is 6.17. The van der Waals surface area contributed by atoms with Crippen LogP contribution in [0.25, 0.3) is 0 Å². The highest BCUT2D eigenvalue weighted by Crippen LogP contribution is 2.33. The van der Waals surface area contributed by atoms with Crippen LogP contribution in [-0.4, -0.2) is 42.9 Å². The highest BCUT2D eigenvalue weighted by molar-refractivity contribution is 14.0. The summed E-state index contributed by atoms with van der Waals surface area (Å²) < 4.78 is 5.22. The third-order valence-corrected chi connectivity index (χ3v) is 4.68. The molecule has 26 heavy (non-hydrogen) atoms. The van der Waals surface area contributed by atoms with Crippen molar-refractivity contribution in [2.45, 2.75) is 53.0 Å². The SMILES string of the molecule is CCCC1(C)CCCN(C(=NCC(=O)NCc2ccco2)NCC)C1.I. The molecular formula is C19H33IN4O2. The minimum absolute atomic E-state index is 0. The molecule has 0 saturated carbocycles. The Hall–Kier alpha value is -1.25. The van der Waals surface area contributed by atoms with Crippen LogP contribution in [0.15, 0.2) is 27.8 Å². The van der Waals surface area contributed by atoms with E-state index in [1.165, 1.54) is 25.7 Å². The summed E-state index contributed by atoms with van der Waals surface area (Å²) in [5.41, 5.74) is 0.338. The maximum absolute atomic E-state index is 12.1. The lowest BCUT2D eigenvalue weighted by molar-refractivity contribution is -0.119. The highest BCUT2D eigenvalue weighted by Gasteiger charge is 2.31. The number of hydrogen-bond donors (Lipinski definition) is 2. The zero-order chi connectivity index (χ0) is 18.1. The van der Waals surface area contributed by atoms with Gasteiger partial charge >= 0.3 is 0 Å². The Morgan fingerprint density at radius 3 is 2.85 bits per heavy atom. The molecule has 1 aromatic heterocycles. The molecule has 148 valence electrons. The average molecular weight is 476 g/mol. The Morgan fingerprint density at radius 2 is 2.19 bits per heavy atom. The fourth-order valence-corrected chi connectivity index (χ4v) is 3.53. The Kier molecular flexibility index (Phi) is 10.0. The number of aliphatic imine (C=N–C) groups is 1. The average Bonchev–Trinajstić information content (AvgIpc) is 3.10. The van der Waals surface area contributed by atoms with E-state index in [0.29, 0.717) is 12.0 Å². The van der Waals surface area contributed by atoms with Gasteiger partial charge in [-0.25, -0.2) is 4.99 Å². The van der Waals surface area contributed by atoms with E-state index in [0.717, 1.165) is 31.4 Å². The first-order valence-electron chi connectivity index (χ1n) is 9.38. The molecule has 2 N–H and O–H groups in total. The van der Waals surface area contributed by atoms with Gasteiger partial charge in [-0.1, -0.05) is 20.3 Å². The van der Waals surface area contributed by atoms with Crippen LogP contribution >= 0.6 is 24.0 Å². The number of nitrogens with zero attached hydrogens (tertiary/aromatic N) is 2. The second kappa shape index (κ2) is 11.5. The van der Waals surface area contributed by atoms with Gasteiger partial charge in [0, 0.05) is 19.6 Å². The topological polar surface area (TPSA) is 69.9 Å². The number of amides is 1. The van der Waals surface area contributed by atoms with E-state index in [2.05, 4.69) is 41.3 Å². The van der Waals surface area contributed by atoms with E-state index in [9.17, 15) is 4.79 Å². The molecule has 0 aromatic carbocycles. The molecule has 1 amide bonds. The molecule has 1 unspecified atom stereocenters. The van der Waals surface area contributed by atoms with Crippen molar-refractivity contribution in [3.05, 3.63) is 24.2 Å². The first-order valence-corrected chi connectivity index (χ1v) is 9.38. The molecule has 2 heterocycles. The van der Waals surface area contributed by atoms with E-state index >= 15 is 0 Å². The molecule has 0 bridgehead atoms. The van der Waals surface area contributed by atoms with Gasteiger partial charge < -0.3 is 20.0 Å². The molecule has 0 spiro atoms. The molecule has 2 rings (SSSR count). The van der Waals surface area contributed by atoms with Gasteiger partial charge in [0.15, 0.2) is 5.96 Å². The maximum Gasteiger partial charge on any atom is 0.242 e. The number of rotatable bonds is 7. The predicted molar refractivity (Wildman–Crippen MR) is 116 cm³/mol. The van der Waals surface area contributed by atoms with Crippen molar-refractivity contribution in [1.29, 1.82) is 0 Å². The number of hydrogen-bond acceptors (Lipinski definition) is 3. The number of carbonyl (C=O) groups is 1. The standard InChI is InChI=1S/C19H32N4O2.HI/c1-4-9-19(3)10-7-11-23(15-19)18(20-5-2)22-14-17(24)21-13-16-8-6-12-25-16;/h6,8,12H,4-5,7,9-11,13-15H2,1-3H3,(H,20,22)(H,21,24);1H. The Labute approximate surface area is 174 Å².